The van der Waals surface area contributed by atoms with Crippen molar-refractivity contribution in [2.75, 3.05) is 26.2 Å². The Bertz CT molecular complexity index is 161. The molecule has 4 heteroatoms. The van der Waals surface area contributed by atoms with Crippen LogP contribution in [0.2, 0.25) is 0 Å². The molecule has 1 atom stereocenters. The molecule has 1 rings (SSSR count). The Morgan fingerprint density at radius 1 is 1.67 bits per heavy atom. The van der Waals surface area contributed by atoms with Gasteiger partial charge in [-0.2, -0.15) is 0 Å². The standard InChI is InChI=1S/C8H16N2O2/c9-8(12)2-4-10-3-1-7(5-10)6-11/h7,11H,1-6H2,(H2,9,12). The molecule has 0 aliphatic carbocycles. The van der Waals surface area contributed by atoms with Crippen LogP contribution in [0.5, 0.6) is 0 Å². The first-order chi connectivity index (χ1) is 5.72. The van der Waals surface area contributed by atoms with E-state index in [1.807, 2.05) is 0 Å². The van der Waals surface area contributed by atoms with Crippen molar-refractivity contribution in [2.24, 2.45) is 11.7 Å². The third kappa shape index (κ3) is 2.79. The number of hydrogen-bond donors (Lipinski definition) is 2. The SMILES string of the molecule is NC(=O)CCN1CCC(CO)C1. The topological polar surface area (TPSA) is 66.6 Å². The maximum atomic E-state index is 10.5. The van der Waals surface area contributed by atoms with Gasteiger partial charge in [0.25, 0.3) is 0 Å². The summed E-state index contributed by atoms with van der Waals surface area (Å²) in [4.78, 5) is 12.6. The number of primary amides is 1. The van der Waals surface area contributed by atoms with E-state index in [1.165, 1.54) is 0 Å². The highest BCUT2D eigenvalue weighted by Gasteiger charge is 2.21. The van der Waals surface area contributed by atoms with Crippen LogP contribution in [0.4, 0.5) is 0 Å². The molecule has 1 saturated heterocycles. The molecule has 1 aliphatic rings. The van der Waals surface area contributed by atoms with Gasteiger partial charge in [-0.1, -0.05) is 0 Å². The highest BCUT2D eigenvalue weighted by molar-refractivity contribution is 5.73. The molecule has 3 N–H and O–H groups in total. The maximum absolute atomic E-state index is 10.5. The van der Waals surface area contributed by atoms with Crippen LogP contribution in [0, 0.1) is 5.92 Å². The summed E-state index contributed by atoms with van der Waals surface area (Å²) in [6, 6.07) is 0. The van der Waals surface area contributed by atoms with E-state index >= 15 is 0 Å². The zero-order valence-corrected chi connectivity index (χ0v) is 7.20. The van der Waals surface area contributed by atoms with Gasteiger partial charge >= 0.3 is 0 Å². The number of nitrogens with zero attached hydrogens (tertiary/aromatic N) is 1. The van der Waals surface area contributed by atoms with Crippen molar-refractivity contribution in [2.45, 2.75) is 12.8 Å². The molecular weight excluding hydrogens is 156 g/mol. The van der Waals surface area contributed by atoms with Crippen LogP contribution >= 0.6 is 0 Å². The number of amides is 1. The molecule has 70 valence electrons. The Morgan fingerprint density at radius 2 is 2.42 bits per heavy atom. The monoisotopic (exact) mass is 172 g/mol. The van der Waals surface area contributed by atoms with E-state index in [0.717, 1.165) is 26.1 Å². The smallest absolute Gasteiger partial charge is 0.218 e. The summed E-state index contributed by atoms with van der Waals surface area (Å²) in [5, 5.41) is 8.84. The minimum absolute atomic E-state index is 0.248. The van der Waals surface area contributed by atoms with Crippen molar-refractivity contribution in [3.63, 3.8) is 0 Å². The van der Waals surface area contributed by atoms with Gasteiger partial charge in [0.2, 0.25) is 5.91 Å². The molecule has 12 heavy (non-hydrogen) atoms. The molecule has 1 fully saturated rings. The van der Waals surface area contributed by atoms with Crippen molar-refractivity contribution in [3.05, 3.63) is 0 Å². The molecule has 0 spiro atoms. The fourth-order valence-corrected chi connectivity index (χ4v) is 1.53. The number of nitrogens with two attached hydrogens (primary N) is 1. The third-order valence-electron chi connectivity index (χ3n) is 2.30. The highest BCUT2D eigenvalue weighted by atomic mass is 16.3. The molecule has 0 bridgehead atoms. The number of likely N-dealkylation sites (tertiary alicyclic amines) is 1. The molecule has 1 amide bonds. The van der Waals surface area contributed by atoms with Crippen LogP contribution in [0.25, 0.3) is 0 Å². The second-order valence-corrected chi connectivity index (χ2v) is 3.35. The number of carbonyl (C=O) groups excluding carboxylic acids is 1. The Labute approximate surface area is 72.3 Å². The number of aliphatic hydroxyl groups is 1. The molecule has 0 aromatic heterocycles. The zero-order valence-electron chi connectivity index (χ0n) is 7.20. The van der Waals surface area contributed by atoms with Crippen LogP contribution in [-0.4, -0.2) is 42.2 Å². The minimum atomic E-state index is -0.248. The van der Waals surface area contributed by atoms with Crippen molar-refractivity contribution in [1.29, 1.82) is 0 Å². The molecule has 1 heterocycles. The van der Waals surface area contributed by atoms with E-state index in [0.29, 0.717) is 12.3 Å². The van der Waals surface area contributed by atoms with E-state index in [1.54, 1.807) is 0 Å². The lowest BCUT2D eigenvalue weighted by atomic mass is 10.1. The average molecular weight is 172 g/mol. The molecule has 0 radical (unpaired) electrons. The lowest BCUT2D eigenvalue weighted by molar-refractivity contribution is -0.118. The summed E-state index contributed by atoms with van der Waals surface area (Å²) in [7, 11) is 0. The Morgan fingerprint density at radius 3 is 2.92 bits per heavy atom. The van der Waals surface area contributed by atoms with Gasteiger partial charge in [-0.15, -0.1) is 0 Å². The summed E-state index contributed by atoms with van der Waals surface area (Å²) in [5.41, 5.74) is 5.02. The van der Waals surface area contributed by atoms with Gasteiger partial charge < -0.3 is 15.7 Å². The molecule has 1 unspecified atom stereocenters. The third-order valence-corrected chi connectivity index (χ3v) is 2.30. The predicted octanol–water partition coefficient (Wildman–Crippen LogP) is -0.824. The average Bonchev–Trinajstić information content (AvgIpc) is 2.48. The quantitative estimate of drug-likeness (QED) is 0.582. The number of rotatable bonds is 4. The second kappa shape index (κ2) is 4.42. The first kappa shape index (κ1) is 9.48. The minimum Gasteiger partial charge on any atom is -0.396 e. The number of hydrogen-bond acceptors (Lipinski definition) is 3. The zero-order chi connectivity index (χ0) is 8.97. The van der Waals surface area contributed by atoms with Gasteiger partial charge in [0, 0.05) is 26.1 Å². The van der Waals surface area contributed by atoms with Crippen LogP contribution in [0.1, 0.15) is 12.8 Å². The van der Waals surface area contributed by atoms with Gasteiger partial charge in [0.1, 0.15) is 0 Å². The van der Waals surface area contributed by atoms with E-state index in [-0.39, 0.29) is 12.5 Å². The molecular formula is C8H16N2O2. The van der Waals surface area contributed by atoms with E-state index in [9.17, 15) is 4.79 Å². The summed E-state index contributed by atoms with van der Waals surface area (Å²) < 4.78 is 0. The summed E-state index contributed by atoms with van der Waals surface area (Å²) in [6.45, 7) is 2.89. The van der Waals surface area contributed by atoms with Gasteiger partial charge in [-0.25, -0.2) is 0 Å². The molecule has 4 nitrogen and oxygen atoms in total. The largest absolute Gasteiger partial charge is 0.396 e. The Balaban J connectivity index is 2.15. The summed E-state index contributed by atoms with van der Waals surface area (Å²) in [5.74, 6) is 0.153. The van der Waals surface area contributed by atoms with Crippen LogP contribution in [0.3, 0.4) is 0 Å². The second-order valence-electron chi connectivity index (χ2n) is 3.35. The van der Waals surface area contributed by atoms with Crippen LogP contribution in [0.15, 0.2) is 0 Å². The fraction of sp³-hybridized carbons (Fsp3) is 0.875. The summed E-state index contributed by atoms with van der Waals surface area (Å²) in [6.07, 6.45) is 1.47. The van der Waals surface area contributed by atoms with Crippen LogP contribution in [-0.2, 0) is 4.79 Å². The van der Waals surface area contributed by atoms with E-state index < -0.39 is 0 Å². The predicted molar refractivity (Wildman–Crippen MR) is 45.4 cm³/mol. The van der Waals surface area contributed by atoms with Crippen molar-refractivity contribution in [1.82, 2.24) is 4.90 Å². The van der Waals surface area contributed by atoms with Crippen molar-refractivity contribution >= 4 is 5.91 Å². The normalized spacial score (nSPS) is 24.6. The number of carbonyl (C=O) groups is 1. The molecule has 0 aromatic carbocycles. The van der Waals surface area contributed by atoms with E-state index in [4.69, 9.17) is 10.8 Å². The van der Waals surface area contributed by atoms with Gasteiger partial charge in [0.05, 0.1) is 0 Å². The van der Waals surface area contributed by atoms with E-state index in [2.05, 4.69) is 4.90 Å². The van der Waals surface area contributed by atoms with Gasteiger partial charge in [-0.05, 0) is 18.9 Å². The van der Waals surface area contributed by atoms with Gasteiger partial charge in [-0.3, -0.25) is 4.79 Å². The lowest BCUT2D eigenvalue weighted by Crippen LogP contribution is -2.26. The Hall–Kier alpha value is -0.610. The van der Waals surface area contributed by atoms with Crippen molar-refractivity contribution in [3.8, 4) is 0 Å². The molecule has 0 aromatic rings. The highest BCUT2D eigenvalue weighted by Crippen LogP contribution is 2.14. The lowest BCUT2D eigenvalue weighted by Gasteiger charge is -2.13. The summed E-state index contributed by atoms with van der Waals surface area (Å²) >= 11 is 0. The molecule has 1 aliphatic heterocycles. The number of aliphatic hydroxyl groups excluding tert-OH is 1. The Kier molecular flexibility index (Phi) is 3.49. The molecule has 0 saturated carbocycles. The van der Waals surface area contributed by atoms with Crippen molar-refractivity contribution < 1.29 is 9.90 Å². The first-order valence-electron chi connectivity index (χ1n) is 4.34. The van der Waals surface area contributed by atoms with Gasteiger partial charge in [0.15, 0.2) is 0 Å². The fourth-order valence-electron chi connectivity index (χ4n) is 1.53. The van der Waals surface area contributed by atoms with Crippen LogP contribution < -0.4 is 5.73 Å². The maximum Gasteiger partial charge on any atom is 0.218 e. The first-order valence-corrected chi connectivity index (χ1v) is 4.34.